The lowest BCUT2D eigenvalue weighted by Gasteiger charge is -2.27. The first-order valence-corrected chi connectivity index (χ1v) is 10.9. The summed E-state index contributed by atoms with van der Waals surface area (Å²) in [6, 6.07) is 0. The standard InChI is InChI=1S/C23H33NO7.ClH/c1-15(5-7-19(25)30-13-10-24-8-11-29-12-9-24)4-6-17-21(26)20-18(14-31-23(20)27)16(2)22(17)28-3;/h4,18,20,26H,5-14H2,1-3H3;1H/b15-4+;. The second-order valence-corrected chi connectivity index (χ2v) is 8.22. The van der Waals surface area contributed by atoms with E-state index in [0.717, 1.165) is 44.0 Å². The number of carbonyl (C=O) groups excluding carboxylic acids is 2. The molecule has 0 radical (unpaired) electrons. The molecule has 0 bridgehead atoms. The highest BCUT2D eigenvalue weighted by Gasteiger charge is 2.46. The van der Waals surface area contributed by atoms with Gasteiger partial charge in [0.05, 0.1) is 26.9 Å². The molecule has 0 spiro atoms. The quantitative estimate of drug-likeness (QED) is 0.405. The maximum atomic E-state index is 12.1. The Morgan fingerprint density at radius 2 is 2.00 bits per heavy atom. The molecule has 180 valence electrons. The molecule has 3 rings (SSSR count). The van der Waals surface area contributed by atoms with Gasteiger partial charge in [-0.2, -0.15) is 0 Å². The number of methoxy groups -OCH3 is 1. The molecule has 1 N–H and O–H groups in total. The van der Waals surface area contributed by atoms with Gasteiger partial charge in [0.15, 0.2) is 0 Å². The Morgan fingerprint density at radius 1 is 1.28 bits per heavy atom. The third-order valence-corrected chi connectivity index (χ3v) is 6.21. The van der Waals surface area contributed by atoms with Gasteiger partial charge in [0.2, 0.25) is 0 Å². The Morgan fingerprint density at radius 3 is 2.69 bits per heavy atom. The Bertz CT molecular complexity index is 783. The first kappa shape index (κ1) is 26.2. The van der Waals surface area contributed by atoms with Crippen molar-refractivity contribution in [2.24, 2.45) is 11.8 Å². The number of esters is 2. The average molecular weight is 472 g/mol. The number of cyclic esters (lactones) is 1. The molecule has 0 aromatic heterocycles. The number of fused-ring (bicyclic) bond motifs is 1. The van der Waals surface area contributed by atoms with Crippen molar-refractivity contribution in [3.8, 4) is 0 Å². The second kappa shape index (κ2) is 12.3. The monoisotopic (exact) mass is 471 g/mol. The maximum absolute atomic E-state index is 12.1. The second-order valence-electron chi connectivity index (χ2n) is 8.22. The van der Waals surface area contributed by atoms with Gasteiger partial charge in [-0.15, -0.1) is 12.4 Å². The number of aliphatic hydroxyl groups is 1. The molecule has 2 heterocycles. The van der Waals surface area contributed by atoms with Crippen molar-refractivity contribution in [1.29, 1.82) is 0 Å². The number of hydrogen-bond acceptors (Lipinski definition) is 8. The lowest BCUT2D eigenvalue weighted by molar-refractivity contribution is -0.144. The zero-order valence-corrected chi connectivity index (χ0v) is 19.9. The third-order valence-electron chi connectivity index (χ3n) is 6.21. The number of halogens is 1. The Labute approximate surface area is 195 Å². The van der Waals surface area contributed by atoms with Crippen LogP contribution in [0, 0.1) is 11.8 Å². The smallest absolute Gasteiger partial charge is 0.317 e. The van der Waals surface area contributed by atoms with E-state index in [1.807, 2.05) is 19.9 Å². The fourth-order valence-corrected chi connectivity index (χ4v) is 4.25. The number of aliphatic hydroxyl groups excluding tert-OH is 1. The van der Waals surface area contributed by atoms with Crippen LogP contribution in [0.2, 0.25) is 0 Å². The molecule has 1 aliphatic carbocycles. The summed E-state index contributed by atoms with van der Waals surface area (Å²) in [5, 5.41) is 10.7. The van der Waals surface area contributed by atoms with Gasteiger partial charge in [0.25, 0.3) is 0 Å². The van der Waals surface area contributed by atoms with E-state index in [1.54, 1.807) is 7.11 Å². The van der Waals surface area contributed by atoms with Gasteiger partial charge >= 0.3 is 11.9 Å². The Hall–Kier alpha value is -2.03. The fourth-order valence-electron chi connectivity index (χ4n) is 4.25. The minimum atomic E-state index is -0.649. The van der Waals surface area contributed by atoms with Crippen molar-refractivity contribution in [3.63, 3.8) is 0 Å². The third kappa shape index (κ3) is 6.27. The van der Waals surface area contributed by atoms with E-state index in [9.17, 15) is 14.7 Å². The number of ether oxygens (including phenoxy) is 4. The van der Waals surface area contributed by atoms with E-state index in [4.69, 9.17) is 18.9 Å². The van der Waals surface area contributed by atoms with Crippen molar-refractivity contribution in [3.05, 3.63) is 34.3 Å². The van der Waals surface area contributed by atoms with E-state index >= 15 is 0 Å². The SMILES string of the molecule is COC1=C(C)C2COC(=O)C2C(O)=C1C/C=C(\C)CCC(=O)OCCN1CCOCC1.Cl. The van der Waals surface area contributed by atoms with E-state index in [1.165, 1.54) is 0 Å². The summed E-state index contributed by atoms with van der Waals surface area (Å²) in [6.45, 7) is 8.44. The van der Waals surface area contributed by atoms with Crippen LogP contribution in [-0.2, 0) is 28.5 Å². The van der Waals surface area contributed by atoms with Gasteiger partial charge in [0, 0.05) is 37.5 Å². The van der Waals surface area contributed by atoms with Crippen molar-refractivity contribution >= 4 is 24.3 Å². The highest BCUT2D eigenvalue weighted by Crippen LogP contribution is 2.43. The Balaban J connectivity index is 0.00000363. The molecule has 32 heavy (non-hydrogen) atoms. The molecule has 8 nitrogen and oxygen atoms in total. The van der Waals surface area contributed by atoms with Crippen molar-refractivity contribution in [2.75, 3.05) is 53.2 Å². The number of allylic oxidation sites excluding steroid dienone is 3. The molecule has 0 aromatic rings. The van der Waals surface area contributed by atoms with Gasteiger partial charge in [-0.05, 0) is 32.3 Å². The van der Waals surface area contributed by atoms with Crippen LogP contribution in [0.5, 0.6) is 0 Å². The summed E-state index contributed by atoms with van der Waals surface area (Å²) in [7, 11) is 1.56. The van der Waals surface area contributed by atoms with Crippen LogP contribution < -0.4 is 0 Å². The predicted molar refractivity (Wildman–Crippen MR) is 120 cm³/mol. The van der Waals surface area contributed by atoms with Crippen LogP contribution in [0.15, 0.2) is 34.3 Å². The first-order valence-electron chi connectivity index (χ1n) is 10.9. The summed E-state index contributed by atoms with van der Waals surface area (Å²) in [5.41, 5.74) is 2.53. The van der Waals surface area contributed by atoms with Gasteiger partial charge in [-0.3, -0.25) is 14.5 Å². The average Bonchev–Trinajstić information content (AvgIpc) is 3.16. The van der Waals surface area contributed by atoms with Crippen molar-refractivity contribution in [1.82, 2.24) is 4.90 Å². The summed E-state index contributed by atoms with van der Waals surface area (Å²) in [5.74, 6) is -0.793. The number of rotatable bonds is 9. The topological polar surface area (TPSA) is 94.5 Å². The maximum Gasteiger partial charge on any atom is 0.317 e. The minimum absolute atomic E-state index is 0. The van der Waals surface area contributed by atoms with Crippen LogP contribution in [0.1, 0.15) is 33.1 Å². The molecular weight excluding hydrogens is 438 g/mol. The zero-order valence-electron chi connectivity index (χ0n) is 19.1. The molecule has 0 aromatic carbocycles. The molecule has 2 unspecified atom stereocenters. The zero-order chi connectivity index (χ0) is 22.4. The summed E-state index contributed by atoms with van der Waals surface area (Å²) in [6.07, 6.45) is 3.25. The van der Waals surface area contributed by atoms with Crippen molar-refractivity contribution in [2.45, 2.75) is 33.1 Å². The first-order chi connectivity index (χ1) is 14.9. The molecule has 2 saturated heterocycles. The predicted octanol–water partition coefficient (Wildman–Crippen LogP) is 2.94. The van der Waals surface area contributed by atoms with Crippen LogP contribution in [-0.4, -0.2) is 75.1 Å². The highest BCUT2D eigenvalue weighted by molar-refractivity contribution is 5.85. The van der Waals surface area contributed by atoms with E-state index in [2.05, 4.69) is 4.90 Å². The Kier molecular flexibility index (Phi) is 10.1. The molecule has 3 aliphatic rings. The number of hydrogen-bond donors (Lipinski definition) is 1. The molecule has 2 fully saturated rings. The number of nitrogens with zero attached hydrogens (tertiary/aromatic N) is 1. The number of morpholine rings is 1. The van der Waals surface area contributed by atoms with Crippen LogP contribution >= 0.6 is 12.4 Å². The molecule has 2 atom stereocenters. The molecule has 2 aliphatic heterocycles. The van der Waals surface area contributed by atoms with Crippen LogP contribution in [0.3, 0.4) is 0 Å². The summed E-state index contributed by atoms with van der Waals surface area (Å²) in [4.78, 5) is 26.3. The molecule has 0 saturated carbocycles. The highest BCUT2D eigenvalue weighted by atomic mass is 35.5. The van der Waals surface area contributed by atoms with Gasteiger partial charge < -0.3 is 24.1 Å². The summed E-state index contributed by atoms with van der Waals surface area (Å²) < 4.78 is 21.3. The van der Waals surface area contributed by atoms with Crippen LogP contribution in [0.25, 0.3) is 0 Å². The molecular formula is C23H34ClNO7. The van der Waals surface area contributed by atoms with E-state index in [-0.39, 0.29) is 36.7 Å². The number of carbonyl (C=O) groups is 2. The van der Waals surface area contributed by atoms with E-state index < -0.39 is 11.9 Å². The minimum Gasteiger partial charge on any atom is -0.511 e. The fraction of sp³-hybridized carbons (Fsp3) is 0.652. The van der Waals surface area contributed by atoms with Gasteiger partial charge in [-0.1, -0.05) is 11.6 Å². The van der Waals surface area contributed by atoms with Crippen molar-refractivity contribution < 1.29 is 33.6 Å². The van der Waals surface area contributed by atoms with Crippen LogP contribution in [0.4, 0.5) is 0 Å². The lowest BCUT2D eigenvalue weighted by Crippen LogP contribution is -2.38. The molecule has 9 heteroatoms. The van der Waals surface area contributed by atoms with Gasteiger partial charge in [0.1, 0.15) is 24.0 Å². The normalized spacial score (nSPS) is 24.1. The van der Waals surface area contributed by atoms with Gasteiger partial charge in [-0.25, -0.2) is 0 Å². The lowest BCUT2D eigenvalue weighted by atomic mass is 9.79. The summed E-state index contributed by atoms with van der Waals surface area (Å²) >= 11 is 0. The molecule has 0 amide bonds. The largest absolute Gasteiger partial charge is 0.511 e. The van der Waals surface area contributed by atoms with E-state index in [0.29, 0.717) is 37.2 Å².